The summed E-state index contributed by atoms with van der Waals surface area (Å²) in [6.45, 7) is 6.10. The van der Waals surface area contributed by atoms with Crippen molar-refractivity contribution in [2.75, 3.05) is 13.1 Å². The topological polar surface area (TPSA) is 29.3 Å². The molecular weight excluding hydrogens is 215 g/mol. The zero-order valence-electron chi connectivity index (χ0n) is 10.6. The summed E-state index contributed by atoms with van der Waals surface area (Å²) in [7, 11) is 0. The number of nitrogens with two attached hydrogens (primary N) is 1. The van der Waals surface area contributed by atoms with Crippen molar-refractivity contribution in [3.05, 3.63) is 35.6 Å². The normalized spacial score (nSPS) is 27.3. The molecule has 3 atom stereocenters. The maximum atomic E-state index is 13.8. The summed E-state index contributed by atoms with van der Waals surface area (Å²) in [5.41, 5.74) is 6.84. The standard InChI is InChI=1S/C14H21FN2/c1-3-14(11-6-4-5-7-12(11)15)17-8-10(2)13(16)9-17/h4-7,10,13-14H,3,8-9,16H2,1-2H3. The highest BCUT2D eigenvalue weighted by atomic mass is 19.1. The maximum absolute atomic E-state index is 13.8. The van der Waals surface area contributed by atoms with Crippen molar-refractivity contribution in [1.29, 1.82) is 0 Å². The maximum Gasteiger partial charge on any atom is 0.127 e. The van der Waals surface area contributed by atoms with Crippen LogP contribution in [0.25, 0.3) is 0 Å². The van der Waals surface area contributed by atoms with E-state index in [9.17, 15) is 4.39 Å². The van der Waals surface area contributed by atoms with Gasteiger partial charge in [0.05, 0.1) is 0 Å². The third-order valence-electron chi connectivity index (χ3n) is 3.79. The van der Waals surface area contributed by atoms with Gasteiger partial charge in [-0.25, -0.2) is 4.39 Å². The Morgan fingerprint density at radius 3 is 2.65 bits per heavy atom. The summed E-state index contributed by atoms with van der Waals surface area (Å²) in [4.78, 5) is 2.31. The fourth-order valence-electron chi connectivity index (χ4n) is 2.71. The first kappa shape index (κ1) is 12.5. The second-order valence-electron chi connectivity index (χ2n) is 5.04. The van der Waals surface area contributed by atoms with E-state index >= 15 is 0 Å². The molecular formula is C14H21FN2. The van der Waals surface area contributed by atoms with E-state index in [2.05, 4.69) is 18.7 Å². The Kier molecular flexibility index (Phi) is 3.79. The van der Waals surface area contributed by atoms with Crippen molar-refractivity contribution in [2.45, 2.75) is 32.4 Å². The van der Waals surface area contributed by atoms with Crippen molar-refractivity contribution in [2.24, 2.45) is 11.7 Å². The first-order chi connectivity index (χ1) is 8.13. The van der Waals surface area contributed by atoms with Crippen LogP contribution in [0.3, 0.4) is 0 Å². The average molecular weight is 236 g/mol. The molecule has 3 heteroatoms. The SMILES string of the molecule is CCC(c1ccccc1F)N1CC(C)C(N)C1. The molecule has 0 saturated carbocycles. The van der Waals surface area contributed by atoms with Crippen LogP contribution in [0.1, 0.15) is 31.9 Å². The third-order valence-corrected chi connectivity index (χ3v) is 3.79. The number of rotatable bonds is 3. The van der Waals surface area contributed by atoms with Gasteiger partial charge in [-0.2, -0.15) is 0 Å². The van der Waals surface area contributed by atoms with Crippen molar-refractivity contribution >= 4 is 0 Å². The second kappa shape index (κ2) is 5.15. The Morgan fingerprint density at radius 2 is 2.12 bits per heavy atom. The minimum Gasteiger partial charge on any atom is -0.326 e. The molecule has 1 aromatic rings. The highest BCUT2D eigenvalue weighted by Gasteiger charge is 2.32. The van der Waals surface area contributed by atoms with E-state index in [1.807, 2.05) is 12.1 Å². The Labute approximate surface area is 103 Å². The highest BCUT2D eigenvalue weighted by molar-refractivity contribution is 5.21. The minimum atomic E-state index is -0.104. The van der Waals surface area contributed by atoms with Gasteiger partial charge in [-0.15, -0.1) is 0 Å². The van der Waals surface area contributed by atoms with Crippen LogP contribution in [0.2, 0.25) is 0 Å². The molecule has 94 valence electrons. The molecule has 1 fully saturated rings. The lowest BCUT2D eigenvalue weighted by atomic mass is 10.0. The Bertz CT molecular complexity index is 370. The van der Waals surface area contributed by atoms with E-state index in [-0.39, 0.29) is 17.9 Å². The third kappa shape index (κ3) is 2.50. The molecule has 2 N–H and O–H groups in total. The molecule has 1 aromatic carbocycles. The van der Waals surface area contributed by atoms with Gasteiger partial charge in [-0.3, -0.25) is 4.90 Å². The van der Waals surface area contributed by atoms with Gasteiger partial charge in [0.1, 0.15) is 5.82 Å². The van der Waals surface area contributed by atoms with E-state index in [0.717, 1.165) is 25.1 Å². The van der Waals surface area contributed by atoms with Gasteiger partial charge < -0.3 is 5.73 Å². The van der Waals surface area contributed by atoms with Gasteiger partial charge >= 0.3 is 0 Å². The van der Waals surface area contributed by atoms with Crippen LogP contribution >= 0.6 is 0 Å². The van der Waals surface area contributed by atoms with E-state index < -0.39 is 0 Å². The zero-order valence-corrected chi connectivity index (χ0v) is 10.6. The van der Waals surface area contributed by atoms with E-state index in [4.69, 9.17) is 5.73 Å². The summed E-state index contributed by atoms with van der Waals surface area (Å²) >= 11 is 0. The number of hydrogen-bond acceptors (Lipinski definition) is 2. The fourth-order valence-corrected chi connectivity index (χ4v) is 2.71. The molecule has 0 spiro atoms. The molecule has 1 aliphatic rings. The van der Waals surface area contributed by atoms with Crippen LogP contribution in [0.4, 0.5) is 4.39 Å². The number of hydrogen-bond donors (Lipinski definition) is 1. The molecule has 2 rings (SSSR count). The summed E-state index contributed by atoms with van der Waals surface area (Å²) in [6, 6.07) is 7.45. The lowest BCUT2D eigenvalue weighted by Gasteiger charge is -2.27. The Balaban J connectivity index is 2.20. The quantitative estimate of drug-likeness (QED) is 0.874. The van der Waals surface area contributed by atoms with E-state index in [1.165, 1.54) is 6.07 Å². The smallest absolute Gasteiger partial charge is 0.127 e. The van der Waals surface area contributed by atoms with Crippen molar-refractivity contribution in [1.82, 2.24) is 4.90 Å². The molecule has 0 radical (unpaired) electrons. The molecule has 17 heavy (non-hydrogen) atoms. The first-order valence-corrected chi connectivity index (χ1v) is 6.37. The second-order valence-corrected chi connectivity index (χ2v) is 5.04. The molecule has 1 aliphatic heterocycles. The number of halogens is 1. The van der Waals surface area contributed by atoms with Gasteiger partial charge in [0.25, 0.3) is 0 Å². The summed E-state index contributed by atoms with van der Waals surface area (Å²) < 4.78 is 13.8. The molecule has 0 amide bonds. The molecule has 1 saturated heterocycles. The zero-order chi connectivity index (χ0) is 12.4. The molecule has 1 heterocycles. The van der Waals surface area contributed by atoms with Gasteiger partial charge in [0.15, 0.2) is 0 Å². The van der Waals surface area contributed by atoms with Crippen molar-refractivity contribution in [3.8, 4) is 0 Å². The summed E-state index contributed by atoms with van der Waals surface area (Å²) in [5, 5.41) is 0. The van der Waals surface area contributed by atoms with Crippen LogP contribution in [0.5, 0.6) is 0 Å². The van der Waals surface area contributed by atoms with Crippen LogP contribution in [-0.2, 0) is 0 Å². The monoisotopic (exact) mass is 236 g/mol. The number of likely N-dealkylation sites (tertiary alicyclic amines) is 1. The predicted octanol–water partition coefficient (Wildman–Crippen LogP) is 2.56. The predicted molar refractivity (Wildman–Crippen MR) is 68.1 cm³/mol. The van der Waals surface area contributed by atoms with Crippen molar-refractivity contribution < 1.29 is 4.39 Å². The van der Waals surface area contributed by atoms with Crippen LogP contribution < -0.4 is 5.73 Å². The van der Waals surface area contributed by atoms with Gasteiger partial charge in [0.2, 0.25) is 0 Å². The Hall–Kier alpha value is -0.930. The van der Waals surface area contributed by atoms with Crippen LogP contribution in [-0.4, -0.2) is 24.0 Å². The van der Waals surface area contributed by atoms with E-state index in [1.54, 1.807) is 6.07 Å². The van der Waals surface area contributed by atoms with E-state index in [0.29, 0.717) is 5.92 Å². The lowest BCUT2D eigenvalue weighted by molar-refractivity contribution is 0.226. The fraction of sp³-hybridized carbons (Fsp3) is 0.571. The highest BCUT2D eigenvalue weighted by Crippen LogP contribution is 2.30. The summed E-state index contributed by atoms with van der Waals surface area (Å²) in [6.07, 6.45) is 0.917. The first-order valence-electron chi connectivity index (χ1n) is 6.37. The largest absolute Gasteiger partial charge is 0.326 e. The summed E-state index contributed by atoms with van der Waals surface area (Å²) in [5.74, 6) is 0.392. The van der Waals surface area contributed by atoms with Gasteiger partial charge in [-0.05, 0) is 18.4 Å². The van der Waals surface area contributed by atoms with Gasteiger partial charge in [0, 0.05) is 30.7 Å². The van der Waals surface area contributed by atoms with Crippen LogP contribution in [0, 0.1) is 11.7 Å². The van der Waals surface area contributed by atoms with Gasteiger partial charge in [-0.1, -0.05) is 32.0 Å². The number of nitrogens with zero attached hydrogens (tertiary/aromatic N) is 1. The average Bonchev–Trinajstić information content (AvgIpc) is 2.63. The molecule has 0 aliphatic carbocycles. The molecule has 0 aromatic heterocycles. The minimum absolute atomic E-state index is 0.104. The molecule has 0 bridgehead atoms. The van der Waals surface area contributed by atoms with Crippen LogP contribution in [0.15, 0.2) is 24.3 Å². The Morgan fingerprint density at radius 1 is 1.41 bits per heavy atom. The lowest BCUT2D eigenvalue weighted by Crippen LogP contribution is -2.31. The number of benzene rings is 1. The molecule has 2 nitrogen and oxygen atoms in total. The van der Waals surface area contributed by atoms with Crippen molar-refractivity contribution in [3.63, 3.8) is 0 Å². The molecule has 3 unspecified atom stereocenters.